The Labute approximate surface area is 110 Å². The summed E-state index contributed by atoms with van der Waals surface area (Å²) in [4.78, 5) is 14.4. The highest BCUT2D eigenvalue weighted by molar-refractivity contribution is 5.85. The average Bonchev–Trinajstić information content (AvgIpc) is 2.78. The minimum absolute atomic E-state index is 0.0140. The van der Waals surface area contributed by atoms with Crippen molar-refractivity contribution < 1.29 is 26.9 Å². The Hall–Kier alpha value is -2.25. The number of benzene rings is 1. The van der Waals surface area contributed by atoms with Crippen molar-refractivity contribution in [3.8, 4) is 0 Å². The van der Waals surface area contributed by atoms with Crippen molar-refractivity contribution in [3.63, 3.8) is 0 Å². The van der Waals surface area contributed by atoms with E-state index in [2.05, 4.69) is 14.7 Å². The number of alkyl halides is 3. The molecule has 106 valence electrons. The SMILES string of the molecule is O=C(Cc1nc(Cc2ccccc2F)no1)C(F)(F)F. The van der Waals surface area contributed by atoms with Gasteiger partial charge in [-0.25, -0.2) is 4.39 Å². The molecule has 0 aliphatic rings. The van der Waals surface area contributed by atoms with Crippen LogP contribution in [0.4, 0.5) is 17.6 Å². The van der Waals surface area contributed by atoms with Crippen LogP contribution in [0.25, 0.3) is 0 Å². The minimum atomic E-state index is -4.94. The van der Waals surface area contributed by atoms with Gasteiger partial charge in [-0.15, -0.1) is 0 Å². The number of rotatable bonds is 4. The molecule has 0 spiro atoms. The fourth-order valence-corrected chi connectivity index (χ4v) is 1.48. The first-order valence-electron chi connectivity index (χ1n) is 5.51. The molecule has 0 saturated carbocycles. The summed E-state index contributed by atoms with van der Waals surface area (Å²) in [7, 11) is 0. The van der Waals surface area contributed by atoms with Crippen molar-refractivity contribution in [1.82, 2.24) is 10.1 Å². The Bertz CT molecular complexity index is 622. The van der Waals surface area contributed by atoms with Crippen molar-refractivity contribution in [2.45, 2.75) is 19.0 Å². The van der Waals surface area contributed by atoms with Crippen molar-refractivity contribution in [3.05, 3.63) is 47.4 Å². The van der Waals surface area contributed by atoms with Gasteiger partial charge in [0.15, 0.2) is 5.82 Å². The lowest BCUT2D eigenvalue weighted by Gasteiger charge is -2.00. The summed E-state index contributed by atoms with van der Waals surface area (Å²) in [6.07, 6.45) is -6.00. The van der Waals surface area contributed by atoms with Gasteiger partial charge in [0.1, 0.15) is 5.82 Å². The number of halogens is 4. The van der Waals surface area contributed by atoms with Crippen molar-refractivity contribution in [2.75, 3.05) is 0 Å². The van der Waals surface area contributed by atoms with E-state index in [0.29, 0.717) is 0 Å². The molecule has 1 aromatic carbocycles. The van der Waals surface area contributed by atoms with Crippen molar-refractivity contribution in [2.24, 2.45) is 0 Å². The molecule has 0 saturated heterocycles. The summed E-state index contributed by atoms with van der Waals surface area (Å²) in [6.45, 7) is 0. The van der Waals surface area contributed by atoms with Gasteiger partial charge in [-0.3, -0.25) is 4.79 Å². The lowest BCUT2D eigenvalue weighted by molar-refractivity contribution is -0.170. The van der Waals surface area contributed by atoms with Gasteiger partial charge in [-0.1, -0.05) is 23.4 Å². The lowest BCUT2D eigenvalue weighted by Crippen LogP contribution is -2.24. The molecular formula is C12H8F4N2O2. The maximum Gasteiger partial charge on any atom is 0.450 e. The summed E-state index contributed by atoms with van der Waals surface area (Å²) < 4.78 is 54.1. The second-order valence-electron chi connectivity index (χ2n) is 3.97. The number of carbonyl (C=O) groups excluding carboxylic acids is 1. The Morgan fingerprint density at radius 2 is 1.95 bits per heavy atom. The van der Waals surface area contributed by atoms with Crippen LogP contribution < -0.4 is 0 Å². The van der Waals surface area contributed by atoms with E-state index in [1.54, 1.807) is 6.07 Å². The molecule has 0 bridgehead atoms. The fraction of sp³-hybridized carbons (Fsp3) is 0.250. The zero-order valence-electron chi connectivity index (χ0n) is 9.95. The summed E-state index contributed by atoms with van der Waals surface area (Å²) in [5, 5.41) is 3.42. The van der Waals surface area contributed by atoms with Gasteiger partial charge in [0.25, 0.3) is 0 Å². The topological polar surface area (TPSA) is 56.0 Å². The van der Waals surface area contributed by atoms with Gasteiger partial charge in [0, 0.05) is 6.42 Å². The molecule has 0 radical (unpaired) electrons. The molecule has 0 N–H and O–H groups in total. The van der Waals surface area contributed by atoms with E-state index in [-0.39, 0.29) is 17.8 Å². The summed E-state index contributed by atoms with van der Waals surface area (Å²) in [6, 6.07) is 5.84. The lowest BCUT2D eigenvalue weighted by atomic mass is 10.1. The second-order valence-corrected chi connectivity index (χ2v) is 3.97. The van der Waals surface area contributed by atoms with E-state index < -0.39 is 30.1 Å². The van der Waals surface area contributed by atoms with Gasteiger partial charge in [0.05, 0.1) is 6.42 Å². The van der Waals surface area contributed by atoms with Gasteiger partial charge < -0.3 is 4.52 Å². The highest BCUT2D eigenvalue weighted by atomic mass is 19.4. The molecule has 20 heavy (non-hydrogen) atoms. The van der Waals surface area contributed by atoms with Crippen LogP contribution in [0, 0.1) is 5.82 Å². The molecule has 4 nitrogen and oxygen atoms in total. The van der Waals surface area contributed by atoms with E-state index in [1.165, 1.54) is 18.2 Å². The normalized spacial score (nSPS) is 11.6. The van der Waals surface area contributed by atoms with Crippen LogP contribution in [0.15, 0.2) is 28.8 Å². The van der Waals surface area contributed by atoms with Crippen LogP contribution in [-0.2, 0) is 17.6 Å². The van der Waals surface area contributed by atoms with Crippen LogP contribution in [0.5, 0.6) is 0 Å². The summed E-state index contributed by atoms with van der Waals surface area (Å²) >= 11 is 0. The molecule has 0 unspecified atom stereocenters. The minimum Gasteiger partial charge on any atom is -0.339 e. The largest absolute Gasteiger partial charge is 0.450 e. The van der Waals surface area contributed by atoms with Crippen LogP contribution in [-0.4, -0.2) is 22.1 Å². The molecule has 0 amide bonds. The molecule has 0 atom stereocenters. The predicted molar refractivity (Wildman–Crippen MR) is 58.3 cm³/mol. The first-order valence-corrected chi connectivity index (χ1v) is 5.51. The fourth-order valence-electron chi connectivity index (χ4n) is 1.48. The molecule has 1 aromatic heterocycles. The third-order valence-electron chi connectivity index (χ3n) is 2.44. The van der Waals surface area contributed by atoms with Crippen molar-refractivity contribution >= 4 is 5.78 Å². The molecular weight excluding hydrogens is 280 g/mol. The summed E-state index contributed by atoms with van der Waals surface area (Å²) in [5.74, 6) is -2.89. The highest BCUT2D eigenvalue weighted by Gasteiger charge is 2.39. The van der Waals surface area contributed by atoms with Crippen LogP contribution in [0.1, 0.15) is 17.3 Å². The molecule has 1 heterocycles. The number of hydrogen-bond donors (Lipinski definition) is 0. The van der Waals surface area contributed by atoms with E-state index >= 15 is 0 Å². The molecule has 0 fully saturated rings. The van der Waals surface area contributed by atoms with Crippen LogP contribution in [0.2, 0.25) is 0 Å². The number of Topliss-reactive ketones (excluding diaryl/α,β-unsaturated/α-hetero) is 1. The zero-order valence-corrected chi connectivity index (χ0v) is 9.95. The highest BCUT2D eigenvalue weighted by Crippen LogP contribution is 2.18. The zero-order chi connectivity index (χ0) is 14.8. The molecule has 0 aliphatic heterocycles. The van der Waals surface area contributed by atoms with Crippen LogP contribution in [0.3, 0.4) is 0 Å². The Morgan fingerprint density at radius 1 is 1.25 bits per heavy atom. The number of carbonyl (C=O) groups is 1. The Morgan fingerprint density at radius 3 is 2.60 bits per heavy atom. The first kappa shape index (κ1) is 14.2. The maximum absolute atomic E-state index is 13.4. The molecule has 8 heteroatoms. The van der Waals surface area contributed by atoms with Gasteiger partial charge in [-0.05, 0) is 11.6 Å². The quantitative estimate of drug-likeness (QED) is 0.811. The maximum atomic E-state index is 13.4. The van der Waals surface area contributed by atoms with E-state index in [0.717, 1.165) is 0 Å². The number of ketones is 1. The molecule has 2 aromatic rings. The number of aromatic nitrogens is 2. The third kappa shape index (κ3) is 3.40. The molecule has 2 rings (SSSR count). The monoisotopic (exact) mass is 288 g/mol. The Balaban J connectivity index is 2.07. The van der Waals surface area contributed by atoms with Crippen LogP contribution >= 0.6 is 0 Å². The smallest absolute Gasteiger partial charge is 0.339 e. The van der Waals surface area contributed by atoms with E-state index in [1.807, 2.05) is 0 Å². The summed E-state index contributed by atoms with van der Waals surface area (Å²) in [5.41, 5.74) is 0.280. The first-order chi connectivity index (χ1) is 9.36. The standard InChI is InChI=1S/C12H8F4N2O2/c13-8-4-2-1-3-7(8)5-10-17-11(20-18-10)6-9(19)12(14,15)16/h1-4H,5-6H2. The third-order valence-corrected chi connectivity index (χ3v) is 2.44. The Kier molecular flexibility index (Phi) is 3.82. The van der Waals surface area contributed by atoms with Gasteiger partial charge >= 0.3 is 6.18 Å². The molecule has 0 aliphatic carbocycles. The second kappa shape index (κ2) is 5.40. The van der Waals surface area contributed by atoms with E-state index in [4.69, 9.17) is 0 Å². The van der Waals surface area contributed by atoms with Gasteiger partial charge in [-0.2, -0.15) is 18.2 Å². The number of nitrogens with zero attached hydrogens (tertiary/aromatic N) is 2. The van der Waals surface area contributed by atoms with Gasteiger partial charge in [0.2, 0.25) is 11.7 Å². The van der Waals surface area contributed by atoms with E-state index in [9.17, 15) is 22.4 Å². The van der Waals surface area contributed by atoms with Crippen molar-refractivity contribution in [1.29, 1.82) is 0 Å². The average molecular weight is 288 g/mol. The number of hydrogen-bond acceptors (Lipinski definition) is 4. The predicted octanol–water partition coefficient (Wildman–Crippen LogP) is 2.47.